The molecule has 0 spiro atoms. The molecule has 1 atom stereocenters. The second-order valence-corrected chi connectivity index (χ2v) is 9.16. The molecule has 0 heterocycles. The van der Waals surface area contributed by atoms with Crippen molar-refractivity contribution >= 4 is 21.9 Å². The number of carboxylic acid groups (broad SMARTS) is 1. The molecule has 1 aromatic rings. The predicted molar refractivity (Wildman–Crippen MR) is 103 cm³/mol. The lowest BCUT2D eigenvalue weighted by Crippen LogP contribution is -2.43. The number of aryl methyl sites for hydroxylation is 1. The Morgan fingerprint density at radius 3 is 2.41 bits per heavy atom. The van der Waals surface area contributed by atoms with Gasteiger partial charge in [-0.15, -0.1) is 0 Å². The van der Waals surface area contributed by atoms with Gasteiger partial charge in [0.05, 0.1) is 12.5 Å². The number of nitrogens with one attached hydrogen (secondary N) is 2. The molecule has 0 aromatic heterocycles. The van der Waals surface area contributed by atoms with Crippen molar-refractivity contribution in [2.45, 2.75) is 58.0 Å². The van der Waals surface area contributed by atoms with E-state index >= 15 is 0 Å². The van der Waals surface area contributed by atoms with Gasteiger partial charge in [0.1, 0.15) is 5.75 Å². The van der Waals surface area contributed by atoms with E-state index in [0.29, 0.717) is 11.5 Å². The zero-order valence-electron chi connectivity index (χ0n) is 15.8. The zero-order chi connectivity index (χ0) is 20.0. The quantitative estimate of drug-likeness (QED) is 0.623. The van der Waals surface area contributed by atoms with Crippen LogP contribution in [0.5, 0.6) is 0 Å². The van der Waals surface area contributed by atoms with Crippen molar-refractivity contribution in [2.75, 3.05) is 5.75 Å². The van der Waals surface area contributed by atoms with Crippen molar-refractivity contribution in [3.05, 3.63) is 35.4 Å². The summed E-state index contributed by atoms with van der Waals surface area (Å²) in [6.07, 6.45) is 3.16. The smallest absolute Gasteiger partial charge is 0.305 e. The standard InChI is InChI=1S/C19H28N2O5S/c1-13-7-9-15(10-8-13)21-27(25,26)12-18(22)20-17(11-19(23)24)16-6-4-3-5-14(16)2/h3-6,13,15,17,21H,7-12H2,1-2H3,(H,20,22)(H,23,24). The lowest BCUT2D eigenvalue weighted by molar-refractivity contribution is -0.137. The number of benzene rings is 1. The van der Waals surface area contributed by atoms with Gasteiger partial charge < -0.3 is 10.4 Å². The monoisotopic (exact) mass is 396 g/mol. The number of aliphatic carboxylic acids is 1. The molecule has 150 valence electrons. The van der Waals surface area contributed by atoms with Crippen LogP contribution in [0.2, 0.25) is 0 Å². The first-order chi connectivity index (χ1) is 12.7. The maximum atomic E-state index is 12.3. The van der Waals surface area contributed by atoms with Crippen LogP contribution in [0.4, 0.5) is 0 Å². The molecular weight excluding hydrogens is 368 g/mol. The second kappa shape index (κ2) is 9.32. The van der Waals surface area contributed by atoms with Crippen LogP contribution in [0.3, 0.4) is 0 Å². The minimum atomic E-state index is -3.77. The topological polar surface area (TPSA) is 113 Å². The largest absolute Gasteiger partial charge is 0.481 e. The molecule has 1 saturated carbocycles. The van der Waals surface area contributed by atoms with Crippen molar-refractivity contribution in [1.29, 1.82) is 0 Å². The van der Waals surface area contributed by atoms with E-state index in [1.54, 1.807) is 12.1 Å². The van der Waals surface area contributed by atoms with Crippen molar-refractivity contribution in [3.63, 3.8) is 0 Å². The molecule has 2 rings (SSSR count). The highest BCUT2D eigenvalue weighted by Crippen LogP contribution is 2.24. The van der Waals surface area contributed by atoms with Gasteiger partial charge in [0.2, 0.25) is 15.9 Å². The lowest BCUT2D eigenvalue weighted by atomic mass is 9.88. The number of carbonyl (C=O) groups excluding carboxylic acids is 1. The number of carboxylic acids is 1. The minimum absolute atomic E-state index is 0.134. The molecule has 27 heavy (non-hydrogen) atoms. The Balaban J connectivity index is 2.00. The summed E-state index contributed by atoms with van der Waals surface area (Å²) in [4.78, 5) is 23.5. The van der Waals surface area contributed by atoms with Crippen molar-refractivity contribution in [3.8, 4) is 0 Å². The molecule has 1 aliphatic rings. The van der Waals surface area contributed by atoms with Gasteiger partial charge in [-0.1, -0.05) is 31.2 Å². The van der Waals surface area contributed by atoms with Gasteiger partial charge in [-0.2, -0.15) is 0 Å². The highest BCUT2D eigenvalue weighted by Gasteiger charge is 2.26. The minimum Gasteiger partial charge on any atom is -0.481 e. The van der Waals surface area contributed by atoms with Gasteiger partial charge in [-0.3, -0.25) is 9.59 Å². The summed E-state index contributed by atoms with van der Waals surface area (Å²) in [5.41, 5.74) is 1.50. The van der Waals surface area contributed by atoms with Crippen LogP contribution in [0, 0.1) is 12.8 Å². The Labute approximate surface area is 160 Å². The van der Waals surface area contributed by atoms with Crippen LogP contribution in [0.15, 0.2) is 24.3 Å². The Morgan fingerprint density at radius 2 is 1.81 bits per heavy atom. The third kappa shape index (κ3) is 6.95. The molecule has 1 amide bonds. The maximum absolute atomic E-state index is 12.3. The van der Waals surface area contributed by atoms with E-state index in [1.807, 2.05) is 19.1 Å². The number of hydrogen-bond acceptors (Lipinski definition) is 4. The number of sulfonamides is 1. The summed E-state index contributed by atoms with van der Waals surface area (Å²) in [6, 6.07) is 6.22. The Bertz CT molecular complexity index is 770. The fourth-order valence-corrected chi connectivity index (χ4v) is 4.73. The van der Waals surface area contributed by atoms with Crippen LogP contribution in [0.1, 0.15) is 56.2 Å². The number of carbonyl (C=O) groups is 2. The molecule has 3 N–H and O–H groups in total. The second-order valence-electron chi connectivity index (χ2n) is 7.41. The summed E-state index contributed by atoms with van der Waals surface area (Å²) >= 11 is 0. The number of amides is 1. The first-order valence-electron chi connectivity index (χ1n) is 9.23. The molecule has 0 radical (unpaired) electrons. The Morgan fingerprint density at radius 1 is 1.19 bits per heavy atom. The normalized spacial score (nSPS) is 21.4. The summed E-state index contributed by atoms with van der Waals surface area (Å²) in [7, 11) is -3.77. The van der Waals surface area contributed by atoms with Gasteiger partial charge in [-0.05, 0) is 49.7 Å². The van der Waals surface area contributed by atoms with Crippen LogP contribution >= 0.6 is 0 Å². The Kier molecular flexibility index (Phi) is 7.38. The molecule has 0 bridgehead atoms. The van der Waals surface area contributed by atoms with Crippen LogP contribution in [-0.4, -0.2) is 37.2 Å². The van der Waals surface area contributed by atoms with Crippen LogP contribution in [-0.2, 0) is 19.6 Å². The molecule has 1 unspecified atom stereocenters. The third-order valence-corrected chi connectivity index (χ3v) is 6.30. The zero-order valence-corrected chi connectivity index (χ0v) is 16.6. The molecule has 1 aliphatic carbocycles. The van der Waals surface area contributed by atoms with Crippen LogP contribution in [0.25, 0.3) is 0 Å². The fraction of sp³-hybridized carbons (Fsp3) is 0.579. The summed E-state index contributed by atoms with van der Waals surface area (Å²) in [5.74, 6) is -1.89. The van der Waals surface area contributed by atoms with Gasteiger partial charge in [-0.25, -0.2) is 13.1 Å². The Hall–Kier alpha value is -1.93. The van der Waals surface area contributed by atoms with E-state index < -0.39 is 33.7 Å². The molecule has 1 fully saturated rings. The fourth-order valence-electron chi connectivity index (χ4n) is 3.47. The van der Waals surface area contributed by atoms with E-state index in [2.05, 4.69) is 17.0 Å². The molecule has 0 saturated heterocycles. The molecule has 1 aromatic carbocycles. The highest BCUT2D eigenvalue weighted by atomic mass is 32.2. The van der Waals surface area contributed by atoms with E-state index in [9.17, 15) is 18.0 Å². The van der Waals surface area contributed by atoms with E-state index in [1.165, 1.54) is 0 Å². The van der Waals surface area contributed by atoms with Crippen molar-refractivity contribution < 1.29 is 23.1 Å². The first-order valence-corrected chi connectivity index (χ1v) is 10.9. The van der Waals surface area contributed by atoms with E-state index in [4.69, 9.17) is 5.11 Å². The third-order valence-electron chi connectivity index (χ3n) is 4.96. The summed E-state index contributed by atoms with van der Waals surface area (Å²) < 4.78 is 27.2. The van der Waals surface area contributed by atoms with E-state index in [0.717, 1.165) is 31.2 Å². The average molecular weight is 397 g/mol. The highest BCUT2D eigenvalue weighted by molar-refractivity contribution is 7.90. The molecule has 7 nitrogen and oxygen atoms in total. The summed E-state index contributed by atoms with van der Waals surface area (Å²) in [6.45, 7) is 3.96. The maximum Gasteiger partial charge on any atom is 0.305 e. The van der Waals surface area contributed by atoms with Gasteiger partial charge in [0.25, 0.3) is 0 Å². The predicted octanol–water partition coefficient (Wildman–Crippen LogP) is 2.13. The number of hydrogen-bond donors (Lipinski definition) is 3. The summed E-state index contributed by atoms with van der Waals surface area (Å²) in [5, 5.41) is 11.7. The average Bonchev–Trinajstić information content (AvgIpc) is 2.55. The van der Waals surface area contributed by atoms with Gasteiger partial charge >= 0.3 is 5.97 Å². The first kappa shape index (κ1) is 21.4. The molecule has 0 aliphatic heterocycles. The van der Waals surface area contributed by atoms with Gasteiger partial charge in [0, 0.05) is 6.04 Å². The number of rotatable bonds is 8. The van der Waals surface area contributed by atoms with Crippen molar-refractivity contribution in [2.24, 2.45) is 5.92 Å². The lowest BCUT2D eigenvalue weighted by Gasteiger charge is -2.26. The SMILES string of the molecule is Cc1ccccc1C(CC(=O)O)NC(=O)CS(=O)(=O)NC1CCC(C)CC1. The van der Waals surface area contributed by atoms with E-state index in [-0.39, 0.29) is 12.5 Å². The molecular formula is C19H28N2O5S. The van der Waals surface area contributed by atoms with Crippen LogP contribution < -0.4 is 10.0 Å². The van der Waals surface area contributed by atoms with Gasteiger partial charge in [0.15, 0.2) is 0 Å². The molecule has 8 heteroatoms. The van der Waals surface area contributed by atoms with Crippen molar-refractivity contribution in [1.82, 2.24) is 10.0 Å².